The second kappa shape index (κ2) is 13.4. The van der Waals surface area contributed by atoms with Crippen molar-refractivity contribution < 1.29 is 32.3 Å². The third-order valence-corrected chi connectivity index (χ3v) is 7.33. The van der Waals surface area contributed by atoms with E-state index in [-0.39, 0.29) is 52.3 Å². The molecule has 0 saturated heterocycles. The summed E-state index contributed by atoms with van der Waals surface area (Å²) in [7, 11) is 1.20. The number of rotatable bonds is 4. The maximum absolute atomic E-state index is 14.7. The van der Waals surface area contributed by atoms with Crippen molar-refractivity contribution in [3.05, 3.63) is 98.9 Å². The highest BCUT2D eigenvalue weighted by atomic mass is 35.5. The minimum absolute atomic E-state index is 0.00291. The average molecular weight is 659 g/mol. The van der Waals surface area contributed by atoms with E-state index < -0.39 is 47.0 Å². The first-order valence-electron chi connectivity index (χ1n) is 13.3. The number of pyridine rings is 1. The van der Waals surface area contributed by atoms with Crippen molar-refractivity contribution in [2.24, 2.45) is 0 Å². The highest BCUT2D eigenvalue weighted by Crippen LogP contribution is 2.35. The SMILES string of the molecule is COC(=O)Nc1ccc2c(c1)NC(=O)CCc1nc(ccc1F)CC(NC(=O)C=Cc1c(F)ccc(Cl)c1F)c1nc-2c(Cl)[nH]1. The molecule has 2 aromatic carbocycles. The Labute approximate surface area is 264 Å². The van der Waals surface area contributed by atoms with Crippen LogP contribution in [0.1, 0.15) is 35.2 Å². The Balaban J connectivity index is 1.55. The Morgan fingerprint density at radius 1 is 1.04 bits per heavy atom. The lowest BCUT2D eigenvalue weighted by atomic mass is 10.1. The number of aromatic nitrogens is 3. The number of nitrogens with zero attached hydrogens (tertiary/aromatic N) is 2. The lowest BCUT2D eigenvalue weighted by Gasteiger charge is -2.17. The van der Waals surface area contributed by atoms with E-state index in [1.807, 2.05) is 0 Å². The number of imidazole rings is 1. The largest absolute Gasteiger partial charge is 0.453 e. The van der Waals surface area contributed by atoms with Crippen LogP contribution < -0.4 is 16.0 Å². The van der Waals surface area contributed by atoms with E-state index in [1.165, 1.54) is 31.4 Å². The number of anilines is 2. The summed E-state index contributed by atoms with van der Waals surface area (Å²) in [4.78, 5) is 49.6. The van der Waals surface area contributed by atoms with E-state index in [0.29, 0.717) is 16.9 Å². The predicted octanol–water partition coefficient (Wildman–Crippen LogP) is 6.37. The van der Waals surface area contributed by atoms with Crippen LogP contribution in [0.5, 0.6) is 0 Å². The van der Waals surface area contributed by atoms with Gasteiger partial charge in [0, 0.05) is 47.8 Å². The third kappa shape index (κ3) is 7.27. The summed E-state index contributed by atoms with van der Waals surface area (Å²) in [6.07, 6.45) is 0.957. The molecule has 4 bridgehead atoms. The van der Waals surface area contributed by atoms with Crippen molar-refractivity contribution in [3.8, 4) is 11.3 Å². The normalized spacial score (nSPS) is 14.7. The summed E-state index contributed by atoms with van der Waals surface area (Å²) in [6, 6.07) is 8.29. The predicted molar refractivity (Wildman–Crippen MR) is 161 cm³/mol. The molecular weight excluding hydrogens is 636 g/mol. The van der Waals surface area contributed by atoms with E-state index in [1.54, 1.807) is 6.07 Å². The van der Waals surface area contributed by atoms with E-state index in [2.05, 4.69) is 35.6 Å². The fourth-order valence-electron chi connectivity index (χ4n) is 4.58. The third-order valence-electron chi connectivity index (χ3n) is 6.76. The summed E-state index contributed by atoms with van der Waals surface area (Å²) in [6.45, 7) is 0. The zero-order chi connectivity index (χ0) is 32.2. The van der Waals surface area contributed by atoms with Crippen molar-refractivity contribution in [2.75, 3.05) is 17.7 Å². The van der Waals surface area contributed by atoms with Gasteiger partial charge in [-0.2, -0.15) is 0 Å². The Hall–Kier alpha value is -4.88. The summed E-state index contributed by atoms with van der Waals surface area (Å²) >= 11 is 12.3. The number of hydrogen-bond donors (Lipinski definition) is 4. The number of nitrogens with one attached hydrogen (secondary N) is 4. The van der Waals surface area contributed by atoms with Gasteiger partial charge in [-0.15, -0.1) is 0 Å². The van der Waals surface area contributed by atoms with Crippen LogP contribution in [0.15, 0.2) is 48.5 Å². The molecule has 0 saturated carbocycles. The molecule has 4 N–H and O–H groups in total. The van der Waals surface area contributed by atoms with Gasteiger partial charge in [-0.25, -0.2) is 22.9 Å². The van der Waals surface area contributed by atoms with E-state index in [4.69, 9.17) is 23.2 Å². The molecule has 3 heterocycles. The molecule has 0 aliphatic carbocycles. The lowest BCUT2D eigenvalue weighted by Crippen LogP contribution is -2.29. The summed E-state index contributed by atoms with van der Waals surface area (Å²) in [5, 5.41) is 7.70. The molecule has 45 heavy (non-hydrogen) atoms. The van der Waals surface area contributed by atoms with Gasteiger partial charge in [0.2, 0.25) is 11.8 Å². The van der Waals surface area contributed by atoms with Gasteiger partial charge in [-0.3, -0.25) is 19.9 Å². The molecule has 0 fully saturated rings. The maximum atomic E-state index is 14.7. The summed E-state index contributed by atoms with van der Waals surface area (Å²) < 4.78 is 47.9. The molecular formula is C30H23Cl2F3N6O4. The van der Waals surface area contributed by atoms with Crippen LogP contribution in [0.2, 0.25) is 10.2 Å². The van der Waals surface area contributed by atoms with Gasteiger partial charge in [-0.05, 0) is 48.5 Å². The number of carbonyl (C=O) groups excluding carboxylic acids is 3. The zero-order valence-corrected chi connectivity index (χ0v) is 24.8. The number of fused-ring (bicyclic) bond motifs is 6. The van der Waals surface area contributed by atoms with Crippen LogP contribution in [-0.4, -0.2) is 40.0 Å². The van der Waals surface area contributed by atoms with Crippen molar-refractivity contribution in [3.63, 3.8) is 0 Å². The van der Waals surface area contributed by atoms with Gasteiger partial charge >= 0.3 is 6.09 Å². The topological polar surface area (TPSA) is 138 Å². The molecule has 4 aromatic rings. The van der Waals surface area contributed by atoms with E-state index >= 15 is 0 Å². The molecule has 1 unspecified atom stereocenters. The monoisotopic (exact) mass is 658 g/mol. The Morgan fingerprint density at radius 3 is 2.60 bits per heavy atom. The van der Waals surface area contributed by atoms with Crippen molar-refractivity contribution in [1.82, 2.24) is 20.3 Å². The standard InChI is InChI=1S/C30H23Cl2F3N6O4/c1-45-30(44)37-15-2-4-17-22(12-15)38-25(43)11-9-21-20(34)7-3-14(36-21)13-23(29-40-27(17)28(32)41-29)39-24(42)10-5-16-19(33)8-6-18(31)26(16)35/h2-8,10,12,23H,9,11,13H2,1H3,(H,37,44)(H,38,43)(H,39,42)(H,40,41). The molecule has 1 atom stereocenters. The van der Waals surface area contributed by atoms with Gasteiger partial charge in [-0.1, -0.05) is 23.2 Å². The van der Waals surface area contributed by atoms with Crippen molar-refractivity contribution in [1.29, 1.82) is 0 Å². The Kier molecular flexibility index (Phi) is 9.40. The zero-order valence-electron chi connectivity index (χ0n) is 23.3. The lowest BCUT2D eigenvalue weighted by molar-refractivity contribution is -0.117. The van der Waals surface area contributed by atoms with Crippen molar-refractivity contribution in [2.45, 2.75) is 25.3 Å². The maximum Gasteiger partial charge on any atom is 0.411 e. The van der Waals surface area contributed by atoms with Gasteiger partial charge in [0.25, 0.3) is 0 Å². The van der Waals surface area contributed by atoms with Crippen LogP contribution in [0.4, 0.5) is 29.3 Å². The first-order chi connectivity index (χ1) is 21.5. The fourth-order valence-corrected chi connectivity index (χ4v) is 4.98. The Morgan fingerprint density at radius 2 is 1.82 bits per heavy atom. The minimum atomic E-state index is -1.03. The van der Waals surface area contributed by atoms with E-state index in [0.717, 1.165) is 24.3 Å². The molecule has 5 rings (SSSR count). The number of ether oxygens (including phenoxy) is 1. The number of aryl methyl sites for hydroxylation is 1. The highest BCUT2D eigenvalue weighted by Gasteiger charge is 2.25. The average Bonchev–Trinajstić information content (AvgIpc) is 3.39. The first kappa shape index (κ1) is 31.5. The number of methoxy groups -OCH3 is 1. The molecule has 15 heteroatoms. The van der Waals surface area contributed by atoms with Crippen LogP contribution in [0.3, 0.4) is 0 Å². The molecule has 232 valence electrons. The minimum Gasteiger partial charge on any atom is -0.453 e. The molecule has 3 amide bonds. The number of benzene rings is 2. The number of carbonyl (C=O) groups is 3. The quantitative estimate of drug-likeness (QED) is 0.148. The second-order valence-electron chi connectivity index (χ2n) is 9.80. The molecule has 0 radical (unpaired) electrons. The fraction of sp³-hybridized carbons (Fsp3) is 0.167. The second-order valence-corrected chi connectivity index (χ2v) is 10.6. The highest BCUT2D eigenvalue weighted by molar-refractivity contribution is 6.32. The van der Waals surface area contributed by atoms with Crippen LogP contribution >= 0.6 is 23.2 Å². The molecule has 0 spiro atoms. The van der Waals surface area contributed by atoms with Crippen LogP contribution in [-0.2, 0) is 27.2 Å². The van der Waals surface area contributed by atoms with Gasteiger partial charge in [0.05, 0.1) is 29.6 Å². The number of amides is 3. The first-order valence-corrected chi connectivity index (χ1v) is 14.1. The van der Waals surface area contributed by atoms with Gasteiger partial charge < -0.3 is 20.4 Å². The van der Waals surface area contributed by atoms with E-state index in [9.17, 15) is 27.6 Å². The van der Waals surface area contributed by atoms with Gasteiger partial charge in [0.15, 0.2) is 5.82 Å². The number of H-pyrrole nitrogens is 1. The molecule has 10 nitrogen and oxygen atoms in total. The summed E-state index contributed by atoms with van der Waals surface area (Å²) in [5.74, 6) is -3.62. The number of hydrogen-bond acceptors (Lipinski definition) is 6. The van der Waals surface area contributed by atoms with Crippen LogP contribution in [0.25, 0.3) is 17.3 Å². The number of halogens is 5. The smallest absolute Gasteiger partial charge is 0.411 e. The molecule has 1 aliphatic heterocycles. The number of aromatic amines is 1. The molecule has 1 aliphatic rings. The Bertz CT molecular complexity index is 1850. The van der Waals surface area contributed by atoms with Gasteiger partial charge in [0.1, 0.15) is 28.3 Å². The molecule has 2 aromatic heterocycles. The van der Waals surface area contributed by atoms with Crippen molar-refractivity contribution >= 4 is 58.6 Å². The van der Waals surface area contributed by atoms with Crippen LogP contribution in [0, 0.1) is 17.5 Å². The summed E-state index contributed by atoms with van der Waals surface area (Å²) in [5.41, 5.74) is 0.962.